The Balaban J connectivity index is 1.73. The molecule has 0 N–H and O–H groups in total. The van der Waals surface area contributed by atoms with E-state index in [0.717, 1.165) is 16.7 Å². The maximum atomic E-state index is 12.9. The molecule has 1 fully saturated rings. The van der Waals surface area contributed by atoms with Crippen LogP contribution in [0, 0.1) is 3.57 Å². The summed E-state index contributed by atoms with van der Waals surface area (Å²) in [5.74, 6) is 1.25. The standard InChI is InChI=1S/C19H21IN2O3/c1-24-17-12-15(16(20)13-18(17)25-2)19(23)22-10-8-21(9-11-22)14-6-4-3-5-7-14/h3-7,12-13H,8-11H2,1-2H3. The molecule has 0 aliphatic carbocycles. The van der Waals surface area contributed by atoms with Gasteiger partial charge in [0.1, 0.15) is 0 Å². The van der Waals surface area contributed by atoms with E-state index >= 15 is 0 Å². The first kappa shape index (κ1) is 17.8. The van der Waals surface area contributed by atoms with Gasteiger partial charge in [0.2, 0.25) is 0 Å². The Bertz CT molecular complexity index is 744. The summed E-state index contributed by atoms with van der Waals surface area (Å²) in [6.45, 7) is 3.08. The Labute approximate surface area is 161 Å². The number of benzene rings is 2. The van der Waals surface area contributed by atoms with Crippen molar-refractivity contribution in [3.8, 4) is 11.5 Å². The van der Waals surface area contributed by atoms with Crippen LogP contribution >= 0.6 is 22.6 Å². The van der Waals surface area contributed by atoms with Crippen molar-refractivity contribution >= 4 is 34.2 Å². The van der Waals surface area contributed by atoms with Gasteiger partial charge in [-0.15, -0.1) is 0 Å². The average Bonchev–Trinajstić information content (AvgIpc) is 2.68. The van der Waals surface area contributed by atoms with Crippen LogP contribution in [0.2, 0.25) is 0 Å². The monoisotopic (exact) mass is 452 g/mol. The van der Waals surface area contributed by atoms with Crippen LogP contribution in [-0.2, 0) is 0 Å². The van der Waals surface area contributed by atoms with Gasteiger partial charge in [0.15, 0.2) is 11.5 Å². The number of carbonyl (C=O) groups excluding carboxylic acids is 1. The molecule has 0 unspecified atom stereocenters. The number of hydrogen-bond donors (Lipinski definition) is 0. The molecule has 1 aliphatic heterocycles. The van der Waals surface area contributed by atoms with Gasteiger partial charge in [-0.1, -0.05) is 18.2 Å². The van der Waals surface area contributed by atoms with Gasteiger partial charge in [0.05, 0.1) is 19.8 Å². The zero-order valence-electron chi connectivity index (χ0n) is 14.4. The first-order chi connectivity index (χ1) is 12.1. The minimum Gasteiger partial charge on any atom is -0.493 e. The summed E-state index contributed by atoms with van der Waals surface area (Å²) in [6.07, 6.45) is 0. The second kappa shape index (κ2) is 7.95. The van der Waals surface area contributed by atoms with Crippen LogP contribution in [0.5, 0.6) is 11.5 Å². The summed E-state index contributed by atoms with van der Waals surface area (Å²) in [7, 11) is 3.18. The smallest absolute Gasteiger partial charge is 0.255 e. The number of para-hydroxylation sites is 1. The molecule has 0 atom stereocenters. The number of nitrogens with zero attached hydrogens (tertiary/aromatic N) is 2. The lowest BCUT2D eigenvalue weighted by Crippen LogP contribution is -2.49. The van der Waals surface area contributed by atoms with Crippen LogP contribution in [0.3, 0.4) is 0 Å². The highest BCUT2D eigenvalue weighted by atomic mass is 127. The molecule has 0 bridgehead atoms. The predicted molar refractivity (Wildman–Crippen MR) is 107 cm³/mol. The number of piperazine rings is 1. The molecule has 5 nitrogen and oxygen atoms in total. The second-order valence-electron chi connectivity index (χ2n) is 5.80. The Hall–Kier alpha value is -1.96. The summed E-state index contributed by atoms with van der Waals surface area (Å²) in [5, 5.41) is 0. The van der Waals surface area contributed by atoms with E-state index in [1.165, 1.54) is 5.69 Å². The van der Waals surface area contributed by atoms with Gasteiger partial charge >= 0.3 is 0 Å². The van der Waals surface area contributed by atoms with Gasteiger partial charge in [0.25, 0.3) is 5.91 Å². The number of carbonyl (C=O) groups is 1. The highest BCUT2D eigenvalue weighted by molar-refractivity contribution is 14.1. The van der Waals surface area contributed by atoms with E-state index in [2.05, 4.69) is 39.6 Å². The quantitative estimate of drug-likeness (QED) is 0.669. The minimum atomic E-state index is 0.0399. The Morgan fingerprint density at radius 3 is 2.16 bits per heavy atom. The lowest BCUT2D eigenvalue weighted by molar-refractivity contribution is 0.0745. The first-order valence-corrected chi connectivity index (χ1v) is 9.22. The number of hydrogen-bond acceptors (Lipinski definition) is 4. The van der Waals surface area contributed by atoms with E-state index in [4.69, 9.17) is 9.47 Å². The average molecular weight is 452 g/mol. The molecule has 0 saturated carbocycles. The van der Waals surface area contributed by atoms with E-state index < -0.39 is 0 Å². The predicted octanol–water partition coefficient (Wildman–Crippen LogP) is 3.27. The molecule has 1 saturated heterocycles. The van der Waals surface area contributed by atoms with Gasteiger partial charge in [-0.2, -0.15) is 0 Å². The number of halogens is 1. The topological polar surface area (TPSA) is 42.0 Å². The molecule has 2 aromatic rings. The molecule has 1 amide bonds. The highest BCUT2D eigenvalue weighted by Crippen LogP contribution is 2.32. The zero-order valence-corrected chi connectivity index (χ0v) is 16.5. The summed E-state index contributed by atoms with van der Waals surface area (Å²) < 4.78 is 11.5. The Kier molecular flexibility index (Phi) is 5.67. The number of methoxy groups -OCH3 is 2. The molecule has 132 valence electrons. The molecule has 25 heavy (non-hydrogen) atoms. The molecule has 0 radical (unpaired) electrons. The van der Waals surface area contributed by atoms with Crippen LogP contribution in [0.1, 0.15) is 10.4 Å². The van der Waals surface area contributed by atoms with Crippen molar-refractivity contribution in [2.45, 2.75) is 0 Å². The second-order valence-corrected chi connectivity index (χ2v) is 6.96. The molecule has 0 spiro atoms. The van der Waals surface area contributed by atoms with Crippen molar-refractivity contribution < 1.29 is 14.3 Å². The van der Waals surface area contributed by atoms with Crippen molar-refractivity contribution in [3.05, 3.63) is 51.6 Å². The van der Waals surface area contributed by atoms with Crippen molar-refractivity contribution in [2.24, 2.45) is 0 Å². The van der Waals surface area contributed by atoms with Crippen LogP contribution in [-0.4, -0.2) is 51.2 Å². The first-order valence-electron chi connectivity index (χ1n) is 8.15. The third-order valence-corrected chi connectivity index (χ3v) is 5.28. The fraction of sp³-hybridized carbons (Fsp3) is 0.316. The van der Waals surface area contributed by atoms with Gasteiger partial charge in [0, 0.05) is 35.4 Å². The van der Waals surface area contributed by atoms with E-state index in [1.807, 2.05) is 29.2 Å². The SMILES string of the molecule is COc1cc(I)c(C(=O)N2CCN(c3ccccc3)CC2)cc1OC. The molecule has 1 aliphatic rings. The lowest BCUT2D eigenvalue weighted by atomic mass is 10.1. The molecule has 6 heteroatoms. The zero-order chi connectivity index (χ0) is 17.8. The van der Waals surface area contributed by atoms with Crippen molar-refractivity contribution in [2.75, 3.05) is 45.3 Å². The molecule has 2 aromatic carbocycles. The number of rotatable bonds is 4. The van der Waals surface area contributed by atoms with Crippen LogP contribution in [0.15, 0.2) is 42.5 Å². The molecule has 1 heterocycles. The van der Waals surface area contributed by atoms with Crippen LogP contribution in [0.25, 0.3) is 0 Å². The van der Waals surface area contributed by atoms with E-state index in [-0.39, 0.29) is 5.91 Å². The fourth-order valence-electron chi connectivity index (χ4n) is 2.99. The molecule has 0 aromatic heterocycles. The summed E-state index contributed by atoms with van der Waals surface area (Å²) >= 11 is 2.17. The van der Waals surface area contributed by atoms with Gasteiger partial charge in [-0.25, -0.2) is 0 Å². The molecular formula is C19H21IN2O3. The third kappa shape index (κ3) is 3.84. The summed E-state index contributed by atoms with van der Waals surface area (Å²) in [5.41, 5.74) is 1.86. The molecule has 3 rings (SSSR count). The maximum absolute atomic E-state index is 12.9. The fourth-order valence-corrected chi connectivity index (χ4v) is 3.66. The van der Waals surface area contributed by atoms with E-state index in [9.17, 15) is 4.79 Å². The van der Waals surface area contributed by atoms with E-state index in [1.54, 1.807) is 20.3 Å². The number of anilines is 1. The third-order valence-electron chi connectivity index (χ3n) is 4.39. The summed E-state index contributed by atoms with van der Waals surface area (Å²) in [6, 6.07) is 13.9. The normalized spacial score (nSPS) is 14.4. The van der Waals surface area contributed by atoms with Crippen LogP contribution < -0.4 is 14.4 Å². The Morgan fingerprint density at radius 1 is 0.960 bits per heavy atom. The Morgan fingerprint density at radius 2 is 1.56 bits per heavy atom. The maximum Gasteiger partial charge on any atom is 0.255 e. The number of ether oxygens (including phenoxy) is 2. The van der Waals surface area contributed by atoms with Crippen molar-refractivity contribution in [1.82, 2.24) is 4.90 Å². The van der Waals surface area contributed by atoms with Crippen molar-refractivity contribution in [1.29, 1.82) is 0 Å². The summed E-state index contributed by atoms with van der Waals surface area (Å²) in [4.78, 5) is 17.2. The minimum absolute atomic E-state index is 0.0399. The highest BCUT2D eigenvalue weighted by Gasteiger charge is 2.25. The lowest BCUT2D eigenvalue weighted by Gasteiger charge is -2.36. The van der Waals surface area contributed by atoms with Gasteiger partial charge < -0.3 is 19.3 Å². The van der Waals surface area contributed by atoms with Crippen LogP contribution in [0.4, 0.5) is 5.69 Å². The van der Waals surface area contributed by atoms with Gasteiger partial charge in [-0.05, 0) is 46.9 Å². The van der Waals surface area contributed by atoms with E-state index in [0.29, 0.717) is 30.2 Å². The van der Waals surface area contributed by atoms with Crippen molar-refractivity contribution in [3.63, 3.8) is 0 Å². The van der Waals surface area contributed by atoms with Gasteiger partial charge in [-0.3, -0.25) is 4.79 Å². The largest absolute Gasteiger partial charge is 0.493 e. The number of amides is 1. The molecular weight excluding hydrogens is 431 g/mol.